The highest BCUT2D eigenvalue weighted by Crippen LogP contribution is 2.11. The summed E-state index contributed by atoms with van der Waals surface area (Å²) in [6.07, 6.45) is 0.858. The van der Waals surface area contributed by atoms with E-state index in [9.17, 15) is 9.90 Å². The summed E-state index contributed by atoms with van der Waals surface area (Å²) in [5, 5.41) is 11.9. The van der Waals surface area contributed by atoms with Gasteiger partial charge in [-0.3, -0.25) is 0 Å². The van der Waals surface area contributed by atoms with Crippen molar-refractivity contribution in [2.45, 2.75) is 25.9 Å². The van der Waals surface area contributed by atoms with E-state index in [1.165, 1.54) is 5.56 Å². The summed E-state index contributed by atoms with van der Waals surface area (Å²) in [5.41, 5.74) is 2.11. The lowest BCUT2D eigenvalue weighted by molar-refractivity contribution is 0.178. The molecule has 19 heavy (non-hydrogen) atoms. The monoisotopic (exact) mass is 263 g/mol. The Kier molecular flexibility index (Phi) is 6.68. The Labute approximate surface area is 114 Å². The van der Waals surface area contributed by atoms with Gasteiger partial charge in [0.2, 0.25) is 0 Å². The Balaban J connectivity index is 0.000000250. The van der Waals surface area contributed by atoms with E-state index >= 15 is 0 Å². The van der Waals surface area contributed by atoms with Gasteiger partial charge >= 0.3 is 6.09 Å². The van der Waals surface area contributed by atoms with Crippen molar-refractivity contribution in [1.29, 1.82) is 0 Å². The molecule has 1 heterocycles. The van der Waals surface area contributed by atoms with E-state index in [-0.39, 0.29) is 12.2 Å². The van der Waals surface area contributed by atoms with E-state index in [1.807, 2.05) is 37.3 Å². The van der Waals surface area contributed by atoms with Crippen LogP contribution in [0, 0.1) is 0 Å². The molecule has 1 aromatic carbocycles. The highest BCUT2D eigenvalue weighted by molar-refractivity contribution is 5.68. The first-order chi connectivity index (χ1) is 9.13. The van der Waals surface area contributed by atoms with Crippen LogP contribution in [-0.2, 0) is 11.2 Å². The zero-order chi connectivity index (χ0) is 14.1. The van der Waals surface area contributed by atoms with Crippen LogP contribution in [0.3, 0.4) is 0 Å². The van der Waals surface area contributed by atoms with Crippen LogP contribution in [0.15, 0.2) is 42.5 Å². The Hall–Kier alpha value is -1.81. The number of benzene rings is 1. The van der Waals surface area contributed by atoms with Crippen LogP contribution in [0.25, 0.3) is 0 Å². The fourth-order valence-corrected chi connectivity index (χ4v) is 1.61. The minimum atomic E-state index is -0.361. The number of hydrogen-bond acceptors (Lipinski definition) is 3. The first kappa shape index (κ1) is 15.2. The molecular weight excluding hydrogens is 242 g/mol. The standard InChI is InChI=1S/C12H16O.C3H5NO2/c1-3-12(13)10(2)9-11-7-5-4-6-8-11;5-3-4-1-2-6-3/h4-8,12-13H,2-3,9H2,1H3;1-2H2,(H,4,5)/t12-;/m0./s1. The molecule has 0 bridgehead atoms. The molecule has 104 valence electrons. The van der Waals surface area contributed by atoms with Crippen LogP contribution >= 0.6 is 0 Å². The summed E-state index contributed by atoms with van der Waals surface area (Å²) >= 11 is 0. The lowest BCUT2D eigenvalue weighted by Gasteiger charge is -2.11. The first-order valence-corrected chi connectivity index (χ1v) is 6.43. The van der Waals surface area contributed by atoms with E-state index in [1.54, 1.807) is 0 Å². The summed E-state index contributed by atoms with van der Waals surface area (Å²) in [4.78, 5) is 9.91. The van der Waals surface area contributed by atoms with Crippen molar-refractivity contribution < 1.29 is 14.6 Å². The fraction of sp³-hybridized carbons (Fsp3) is 0.400. The number of carbonyl (C=O) groups excluding carboxylic acids is 1. The average Bonchev–Trinajstić information content (AvgIpc) is 2.90. The molecule has 2 rings (SSSR count). The zero-order valence-electron chi connectivity index (χ0n) is 11.3. The van der Waals surface area contributed by atoms with Crippen LogP contribution in [-0.4, -0.2) is 30.5 Å². The Morgan fingerprint density at radius 3 is 2.58 bits per heavy atom. The van der Waals surface area contributed by atoms with E-state index < -0.39 is 0 Å². The van der Waals surface area contributed by atoms with E-state index in [2.05, 4.69) is 16.6 Å². The molecule has 1 aliphatic heterocycles. The summed E-state index contributed by atoms with van der Waals surface area (Å²) in [5.74, 6) is 0. The second-order valence-electron chi connectivity index (χ2n) is 4.31. The number of hydrogen-bond donors (Lipinski definition) is 2. The van der Waals surface area contributed by atoms with Crippen molar-refractivity contribution in [2.75, 3.05) is 13.2 Å². The lowest BCUT2D eigenvalue weighted by Crippen LogP contribution is -2.11. The SMILES string of the molecule is C=C(Cc1ccccc1)[C@@H](O)CC.O=C1NCCO1. The predicted molar refractivity (Wildman–Crippen MR) is 74.9 cm³/mol. The predicted octanol–water partition coefficient (Wildman–Crippen LogP) is 2.28. The van der Waals surface area contributed by atoms with Gasteiger partial charge in [0.15, 0.2) is 0 Å². The number of aliphatic hydroxyl groups excluding tert-OH is 1. The summed E-state index contributed by atoms with van der Waals surface area (Å²) < 4.78 is 4.40. The molecule has 1 fully saturated rings. The Morgan fingerprint density at radius 1 is 1.47 bits per heavy atom. The summed E-state index contributed by atoms with van der Waals surface area (Å²) in [6.45, 7) is 7.02. The Bertz CT molecular complexity index is 395. The molecule has 0 aliphatic carbocycles. The molecule has 4 nitrogen and oxygen atoms in total. The zero-order valence-corrected chi connectivity index (χ0v) is 11.3. The highest BCUT2D eigenvalue weighted by Gasteiger charge is 2.06. The van der Waals surface area contributed by atoms with Gasteiger partial charge < -0.3 is 15.2 Å². The Morgan fingerprint density at radius 2 is 2.16 bits per heavy atom. The molecule has 1 amide bonds. The van der Waals surface area contributed by atoms with Gasteiger partial charge in [-0.25, -0.2) is 4.79 Å². The molecule has 4 heteroatoms. The third-order valence-electron chi connectivity index (χ3n) is 2.74. The second-order valence-corrected chi connectivity index (χ2v) is 4.31. The number of rotatable bonds is 4. The normalized spacial score (nSPS) is 14.7. The van der Waals surface area contributed by atoms with Gasteiger partial charge in [-0.1, -0.05) is 43.8 Å². The number of aliphatic hydroxyl groups is 1. The van der Waals surface area contributed by atoms with Crippen LogP contribution in [0.5, 0.6) is 0 Å². The minimum absolute atomic E-state index is 0.296. The maximum absolute atomic E-state index is 9.91. The maximum atomic E-state index is 9.91. The number of nitrogens with one attached hydrogen (secondary N) is 1. The number of cyclic esters (lactones) is 1. The van der Waals surface area contributed by atoms with Crippen molar-refractivity contribution in [3.8, 4) is 0 Å². The van der Waals surface area contributed by atoms with E-state index in [0.717, 1.165) is 18.4 Å². The van der Waals surface area contributed by atoms with Crippen LogP contribution in [0.1, 0.15) is 18.9 Å². The smallest absolute Gasteiger partial charge is 0.407 e. The molecule has 2 N–H and O–H groups in total. The number of alkyl carbamates (subject to hydrolysis) is 1. The van der Waals surface area contributed by atoms with Gasteiger partial charge in [-0.15, -0.1) is 0 Å². The topological polar surface area (TPSA) is 58.6 Å². The molecular formula is C15H21NO3. The number of carbonyl (C=O) groups is 1. The molecule has 0 unspecified atom stereocenters. The van der Waals surface area contributed by atoms with Crippen molar-refractivity contribution in [3.05, 3.63) is 48.0 Å². The molecule has 1 aromatic rings. The second kappa shape index (κ2) is 8.32. The molecule has 0 spiro atoms. The van der Waals surface area contributed by atoms with Gasteiger partial charge in [0, 0.05) is 0 Å². The highest BCUT2D eigenvalue weighted by atomic mass is 16.6. The van der Waals surface area contributed by atoms with Gasteiger partial charge in [-0.05, 0) is 24.0 Å². The third kappa shape index (κ3) is 6.06. The fourth-order valence-electron chi connectivity index (χ4n) is 1.61. The molecule has 0 aromatic heterocycles. The molecule has 0 radical (unpaired) electrons. The van der Waals surface area contributed by atoms with Gasteiger partial charge in [0.25, 0.3) is 0 Å². The number of ether oxygens (including phenoxy) is 1. The summed E-state index contributed by atoms with van der Waals surface area (Å²) in [7, 11) is 0. The van der Waals surface area contributed by atoms with E-state index in [0.29, 0.717) is 13.2 Å². The molecule has 1 atom stereocenters. The van der Waals surface area contributed by atoms with Crippen molar-refractivity contribution >= 4 is 6.09 Å². The van der Waals surface area contributed by atoms with Crippen molar-refractivity contribution in [3.63, 3.8) is 0 Å². The van der Waals surface area contributed by atoms with Crippen LogP contribution in [0.4, 0.5) is 4.79 Å². The maximum Gasteiger partial charge on any atom is 0.407 e. The lowest BCUT2D eigenvalue weighted by atomic mass is 10.0. The summed E-state index contributed by atoms with van der Waals surface area (Å²) in [6, 6.07) is 10.1. The quantitative estimate of drug-likeness (QED) is 0.819. The van der Waals surface area contributed by atoms with Crippen molar-refractivity contribution in [2.24, 2.45) is 0 Å². The third-order valence-corrected chi connectivity index (χ3v) is 2.74. The molecule has 0 saturated carbocycles. The van der Waals surface area contributed by atoms with Gasteiger partial charge in [0.05, 0.1) is 12.6 Å². The van der Waals surface area contributed by atoms with Crippen LogP contribution in [0.2, 0.25) is 0 Å². The van der Waals surface area contributed by atoms with Gasteiger partial charge in [-0.2, -0.15) is 0 Å². The average molecular weight is 263 g/mol. The first-order valence-electron chi connectivity index (χ1n) is 6.43. The van der Waals surface area contributed by atoms with Crippen LogP contribution < -0.4 is 5.32 Å². The van der Waals surface area contributed by atoms with Crippen molar-refractivity contribution in [1.82, 2.24) is 5.32 Å². The molecule has 1 aliphatic rings. The molecule has 1 saturated heterocycles. The largest absolute Gasteiger partial charge is 0.448 e. The number of amides is 1. The van der Waals surface area contributed by atoms with Gasteiger partial charge in [0.1, 0.15) is 6.61 Å². The van der Waals surface area contributed by atoms with E-state index in [4.69, 9.17) is 0 Å². The minimum Gasteiger partial charge on any atom is -0.448 e.